The second-order valence-corrected chi connectivity index (χ2v) is 4.97. The van der Waals surface area contributed by atoms with Gasteiger partial charge in [-0.15, -0.1) is 12.3 Å². The van der Waals surface area contributed by atoms with E-state index in [0.29, 0.717) is 12.1 Å². The van der Waals surface area contributed by atoms with Crippen LogP contribution in [0.15, 0.2) is 0 Å². The van der Waals surface area contributed by atoms with Crippen LogP contribution in [0.3, 0.4) is 0 Å². The van der Waals surface area contributed by atoms with Crippen LogP contribution in [0, 0.1) is 12.3 Å². The van der Waals surface area contributed by atoms with Gasteiger partial charge in [0.2, 0.25) is 0 Å². The molecule has 2 atom stereocenters. The number of terminal acetylenes is 1. The number of unbranched alkanes of at least 4 members (excludes halogenated alkanes) is 1. The Labute approximate surface area is 112 Å². The van der Waals surface area contributed by atoms with Gasteiger partial charge >= 0.3 is 0 Å². The molecule has 2 unspecified atom stereocenters. The first-order valence-corrected chi connectivity index (χ1v) is 7.32. The summed E-state index contributed by atoms with van der Waals surface area (Å²) in [4.78, 5) is 2.51. The summed E-state index contributed by atoms with van der Waals surface area (Å²) < 4.78 is 5.94. The molecule has 0 aromatic rings. The Morgan fingerprint density at radius 1 is 1.50 bits per heavy atom. The summed E-state index contributed by atoms with van der Waals surface area (Å²) in [5, 5.41) is 3.55. The van der Waals surface area contributed by atoms with E-state index in [1.165, 1.54) is 13.0 Å². The summed E-state index contributed by atoms with van der Waals surface area (Å²) in [6.45, 7) is 9.56. The molecule has 0 spiro atoms. The van der Waals surface area contributed by atoms with E-state index in [0.717, 1.165) is 45.5 Å². The minimum atomic E-state index is 0.322. The van der Waals surface area contributed by atoms with Gasteiger partial charge in [-0.25, -0.2) is 0 Å². The number of nitrogens with zero attached hydrogens (tertiary/aromatic N) is 1. The van der Waals surface area contributed by atoms with Crippen molar-refractivity contribution in [3.8, 4) is 12.3 Å². The molecule has 104 valence electrons. The lowest BCUT2D eigenvalue weighted by molar-refractivity contribution is -0.0475. The maximum atomic E-state index is 5.94. The van der Waals surface area contributed by atoms with Crippen LogP contribution in [-0.4, -0.2) is 49.8 Å². The molecule has 1 fully saturated rings. The number of rotatable bonds is 8. The van der Waals surface area contributed by atoms with Crippen molar-refractivity contribution >= 4 is 0 Å². The normalized spacial score (nSPS) is 22.6. The third-order valence-corrected chi connectivity index (χ3v) is 3.47. The molecule has 1 N–H and O–H groups in total. The van der Waals surface area contributed by atoms with Gasteiger partial charge in [-0.05, 0) is 32.4 Å². The first kappa shape index (κ1) is 15.5. The average molecular weight is 252 g/mol. The van der Waals surface area contributed by atoms with Crippen molar-refractivity contribution in [2.45, 2.75) is 51.7 Å². The van der Waals surface area contributed by atoms with Gasteiger partial charge in [0, 0.05) is 25.6 Å². The van der Waals surface area contributed by atoms with Gasteiger partial charge in [0.1, 0.15) is 0 Å². The highest BCUT2D eigenvalue weighted by molar-refractivity contribution is 4.87. The Bertz CT molecular complexity index is 247. The highest BCUT2D eigenvalue weighted by Gasteiger charge is 2.26. The zero-order chi connectivity index (χ0) is 13.2. The van der Waals surface area contributed by atoms with Crippen LogP contribution in [0.2, 0.25) is 0 Å². The summed E-state index contributed by atoms with van der Waals surface area (Å²) in [5.74, 6) is 2.72. The van der Waals surface area contributed by atoms with Crippen molar-refractivity contribution in [1.29, 1.82) is 0 Å². The molecule has 0 saturated carbocycles. The SMILES string of the molecule is C#CCCCC(NCC)C1CN(CCC)CCO1. The van der Waals surface area contributed by atoms with Crippen LogP contribution >= 0.6 is 0 Å². The second-order valence-electron chi connectivity index (χ2n) is 4.97. The zero-order valence-corrected chi connectivity index (χ0v) is 12.0. The van der Waals surface area contributed by atoms with E-state index in [9.17, 15) is 0 Å². The predicted octanol–water partition coefficient (Wildman–Crippen LogP) is 1.88. The first-order chi connectivity index (χ1) is 8.81. The number of nitrogens with one attached hydrogen (secondary N) is 1. The first-order valence-electron chi connectivity index (χ1n) is 7.32. The predicted molar refractivity (Wildman–Crippen MR) is 76.6 cm³/mol. The summed E-state index contributed by atoms with van der Waals surface area (Å²) >= 11 is 0. The lowest BCUT2D eigenvalue weighted by Crippen LogP contribution is -2.52. The summed E-state index contributed by atoms with van der Waals surface area (Å²) in [6.07, 6.45) is 9.93. The van der Waals surface area contributed by atoms with Crippen LogP contribution in [0.1, 0.15) is 39.5 Å². The number of morpholine rings is 1. The summed E-state index contributed by atoms with van der Waals surface area (Å²) in [7, 11) is 0. The Kier molecular flexibility index (Phi) is 8.08. The lowest BCUT2D eigenvalue weighted by atomic mass is 10.0. The van der Waals surface area contributed by atoms with Crippen LogP contribution < -0.4 is 5.32 Å². The minimum Gasteiger partial charge on any atom is -0.374 e. The van der Waals surface area contributed by atoms with Gasteiger partial charge < -0.3 is 10.1 Å². The standard InChI is InChI=1S/C15H28N2O/c1-4-7-8-9-14(16-6-3)15-13-17(10-5-2)11-12-18-15/h1,14-16H,5-13H2,2-3H3. The molecule has 3 heteroatoms. The smallest absolute Gasteiger partial charge is 0.0855 e. The van der Waals surface area contributed by atoms with Gasteiger partial charge in [-0.3, -0.25) is 4.90 Å². The number of likely N-dealkylation sites (N-methyl/N-ethyl adjacent to an activating group) is 1. The monoisotopic (exact) mass is 252 g/mol. The van der Waals surface area contributed by atoms with Crippen LogP contribution in [0.5, 0.6) is 0 Å². The molecule has 18 heavy (non-hydrogen) atoms. The molecule has 1 heterocycles. The molecule has 0 amide bonds. The average Bonchev–Trinajstić information content (AvgIpc) is 2.39. The highest BCUT2D eigenvalue weighted by atomic mass is 16.5. The van der Waals surface area contributed by atoms with Gasteiger partial charge in [-0.2, -0.15) is 0 Å². The topological polar surface area (TPSA) is 24.5 Å². The molecule has 0 radical (unpaired) electrons. The number of ether oxygens (including phenoxy) is 1. The van der Waals surface area contributed by atoms with Crippen molar-refractivity contribution in [2.24, 2.45) is 0 Å². The summed E-state index contributed by atoms with van der Waals surface area (Å²) in [6, 6.07) is 0.447. The molecule has 1 saturated heterocycles. The molecular weight excluding hydrogens is 224 g/mol. The van der Waals surface area contributed by atoms with Gasteiger partial charge in [0.05, 0.1) is 12.7 Å². The van der Waals surface area contributed by atoms with E-state index in [-0.39, 0.29) is 0 Å². The zero-order valence-electron chi connectivity index (χ0n) is 12.0. The van der Waals surface area contributed by atoms with E-state index in [1.54, 1.807) is 0 Å². The third-order valence-electron chi connectivity index (χ3n) is 3.47. The maximum Gasteiger partial charge on any atom is 0.0855 e. The fourth-order valence-electron chi connectivity index (χ4n) is 2.60. The van der Waals surface area contributed by atoms with Crippen molar-refractivity contribution in [2.75, 3.05) is 32.8 Å². The molecule has 0 aromatic carbocycles. The lowest BCUT2D eigenvalue weighted by Gasteiger charge is -2.37. The highest BCUT2D eigenvalue weighted by Crippen LogP contribution is 2.14. The quantitative estimate of drug-likeness (QED) is 0.527. The second kappa shape index (κ2) is 9.38. The fourth-order valence-corrected chi connectivity index (χ4v) is 2.60. The molecule has 3 nitrogen and oxygen atoms in total. The van der Waals surface area contributed by atoms with Gasteiger partial charge in [-0.1, -0.05) is 13.8 Å². The molecule has 1 aliphatic heterocycles. The Balaban J connectivity index is 2.42. The molecular formula is C15H28N2O. The number of hydrogen-bond acceptors (Lipinski definition) is 3. The van der Waals surface area contributed by atoms with Gasteiger partial charge in [0.15, 0.2) is 0 Å². The third kappa shape index (κ3) is 5.39. The summed E-state index contributed by atoms with van der Waals surface area (Å²) in [5.41, 5.74) is 0. The van der Waals surface area contributed by atoms with E-state index in [2.05, 4.69) is 30.0 Å². The Morgan fingerprint density at radius 3 is 3.00 bits per heavy atom. The van der Waals surface area contributed by atoms with Crippen molar-refractivity contribution in [1.82, 2.24) is 10.2 Å². The van der Waals surface area contributed by atoms with Crippen LogP contribution in [-0.2, 0) is 4.74 Å². The Hall–Kier alpha value is -0.560. The van der Waals surface area contributed by atoms with E-state index in [1.807, 2.05) is 0 Å². The largest absolute Gasteiger partial charge is 0.374 e. The van der Waals surface area contributed by atoms with E-state index >= 15 is 0 Å². The van der Waals surface area contributed by atoms with E-state index in [4.69, 9.17) is 11.2 Å². The maximum absolute atomic E-state index is 5.94. The Morgan fingerprint density at radius 2 is 2.33 bits per heavy atom. The molecule has 1 rings (SSSR count). The van der Waals surface area contributed by atoms with E-state index < -0.39 is 0 Å². The van der Waals surface area contributed by atoms with Crippen LogP contribution in [0.25, 0.3) is 0 Å². The molecule has 0 bridgehead atoms. The van der Waals surface area contributed by atoms with Crippen molar-refractivity contribution in [3.05, 3.63) is 0 Å². The number of hydrogen-bond donors (Lipinski definition) is 1. The molecule has 1 aliphatic rings. The minimum absolute atomic E-state index is 0.322. The molecule has 0 aliphatic carbocycles. The van der Waals surface area contributed by atoms with Gasteiger partial charge in [0.25, 0.3) is 0 Å². The van der Waals surface area contributed by atoms with Crippen LogP contribution in [0.4, 0.5) is 0 Å². The fraction of sp³-hybridized carbons (Fsp3) is 0.867. The van der Waals surface area contributed by atoms with Crippen molar-refractivity contribution < 1.29 is 4.74 Å². The molecule has 0 aromatic heterocycles. The van der Waals surface area contributed by atoms with Crippen molar-refractivity contribution in [3.63, 3.8) is 0 Å².